The summed E-state index contributed by atoms with van der Waals surface area (Å²) in [7, 11) is 0. The minimum absolute atomic E-state index is 0.201. The van der Waals surface area contributed by atoms with Crippen molar-refractivity contribution < 1.29 is 4.39 Å². The zero-order chi connectivity index (χ0) is 12.6. The molecule has 0 fully saturated rings. The lowest BCUT2D eigenvalue weighted by molar-refractivity contribution is 0.627. The highest BCUT2D eigenvalue weighted by atomic mass is 79.9. The van der Waals surface area contributed by atoms with E-state index in [-0.39, 0.29) is 11.4 Å². The predicted molar refractivity (Wildman–Crippen MR) is 67.4 cm³/mol. The summed E-state index contributed by atoms with van der Waals surface area (Å²) in [6.45, 7) is 3.45. The van der Waals surface area contributed by atoms with Crippen molar-refractivity contribution in [2.75, 3.05) is 0 Å². The van der Waals surface area contributed by atoms with E-state index in [9.17, 15) is 9.18 Å². The van der Waals surface area contributed by atoms with Crippen molar-refractivity contribution in [3.8, 4) is 11.4 Å². The monoisotopic (exact) mass is 296 g/mol. The van der Waals surface area contributed by atoms with Gasteiger partial charge in [-0.1, -0.05) is 15.9 Å². The van der Waals surface area contributed by atoms with Crippen molar-refractivity contribution in [2.45, 2.75) is 13.8 Å². The summed E-state index contributed by atoms with van der Waals surface area (Å²) in [5, 5.41) is 0. The van der Waals surface area contributed by atoms with Crippen molar-refractivity contribution >= 4 is 15.9 Å². The number of rotatable bonds is 1. The first kappa shape index (κ1) is 12.0. The number of nitrogens with one attached hydrogen (secondary N) is 1. The Morgan fingerprint density at radius 1 is 1.29 bits per heavy atom. The van der Waals surface area contributed by atoms with Crippen LogP contribution in [0, 0.1) is 19.7 Å². The summed E-state index contributed by atoms with van der Waals surface area (Å²) < 4.78 is 13.8. The molecular weight excluding hydrogens is 287 g/mol. The smallest absolute Gasteiger partial charge is 0.254 e. The number of nitrogens with zero attached hydrogens (tertiary/aromatic N) is 1. The Kier molecular flexibility index (Phi) is 3.11. The summed E-state index contributed by atoms with van der Waals surface area (Å²) in [6, 6.07) is 4.39. The van der Waals surface area contributed by atoms with Gasteiger partial charge in [0.15, 0.2) is 0 Å². The first-order valence-electron chi connectivity index (χ1n) is 5.01. The third-order valence-corrected chi connectivity index (χ3v) is 2.99. The van der Waals surface area contributed by atoms with Crippen LogP contribution in [0.25, 0.3) is 11.4 Å². The molecule has 3 nitrogen and oxygen atoms in total. The molecule has 5 heteroatoms. The van der Waals surface area contributed by atoms with E-state index < -0.39 is 0 Å². The molecule has 0 atom stereocenters. The fourth-order valence-corrected chi connectivity index (χ4v) is 1.94. The topological polar surface area (TPSA) is 45.8 Å². The van der Waals surface area contributed by atoms with Crippen molar-refractivity contribution in [1.29, 1.82) is 0 Å². The minimum Gasteiger partial charge on any atom is -0.306 e. The van der Waals surface area contributed by atoms with Gasteiger partial charge in [-0.15, -0.1) is 0 Å². The van der Waals surface area contributed by atoms with Crippen molar-refractivity contribution in [3.05, 3.63) is 50.1 Å². The van der Waals surface area contributed by atoms with E-state index in [1.54, 1.807) is 19.9 Å². The Morgan fingerprint density at radius 3 is 2.59 bits per heavy atom. The van der Waals surface area contributed by atoms with E-state index in [1.807, 2.05) is 0 Å². The highest BCUT2D eigenvalue weighted by Gasteiger charge is 2.07. The zero-order valence-corrected chi connectivity index (χ0v) is 10.9. The number of benzene rings is 1. The minimum atomic E-state index is -0.379. The van der Waals surface area contributed by atoms with Gasteiger partial charge in [-0.3, -0.25) is 4.79 Å². The molecule has 2 aromatic rings. The second kappa shape index (κ2) is 4.41. The Morgan fingerprint density at radius 2 is 2.00 bits per heavy atom. The van der Waals surface area contributed by atoms with E-state index in [4.69, 9.17) is 0 Å². The normalized spacial score (nSPS) is 10.6. The molecule has 0 saturated carbocycles. The molecule has 0 saturated heterocycles. The van der Waals surface area contributed by atoms with Gasteiger partial charge in [0.2, 0.25) is 0 Å². The van der Waals surface area contributed by atoms with Gasteiger partial charge in [-0.2, -0.15) is 0 Å². The number of hydrogen-bond acceptors (Lipinski definition) is 2. The van der Waals surface area contributed by atoms with E-state index in [2.05, 4.69) is 25.9 Å². The maximum Gasteiger partial charge on any atom is 0.254 e. The van der Waals surface area contributed by atoms with E-state index in [0.717, 1.165) is 0 Å². The van der Waals surface area contributed by atoms with Gasteiger partial charge in [-0.05, 0) is 32.0 Å². The maximum absolute atomic E-state index is 13.2. The number of hydrogen-bond donors (Lipinski definition) is 1. The number of H-pyrrole nitrogens is 1. The molecule has 0 aliphatic carbocycles. The molecule has 1 aromatic carbocycles. The molecule has 0 amide bonds. The first-order valence-corrected chi connectivity index (χ1v) is 5.80. The molecular formula is C12H10BrFN2O. The van der Waals surface area contributed by atoms with Crippen molar-refractivity contribution in [1.82, 2.24) is 9.97 Å². The fourth-order valence-electron chi connectivity index (χ4n) is 1.47. The largest absolute Gasteiger partial charge is 0.306 e. The average Bonchev–Trinajstić information content (AvgIpc) is 2.23. The van der Waals surface area contributed by atoms with Gasteiger partial charge in [0.1, 0.15) is 11.6 Å². The second-order valence-corrected chi connectivity index (χ2v) is 4.70. The molecule has 0 radical (unpaired) electrons. The van der Waals surface area contributed by atoms with Crippen molar-refractivity contribution in [2.24, 2.45) is 0 Å². The van der Waals surface area contributed by atoms with E-state index in [1.165, 1.54) is 12.1 Å². The molecule has 2 rings (SSSR count). The van der Waals surface area contributed by atoms with Gasteiger partial charge in [0.25, 0.3) is 5.56 Å². The second-order valence-electron chi connectivity index (χ2n) is 3.78. The molecule has 1 N–H and O–H groups in total. The zero-order valence-electron chi connectivity index (χ0n) is 9.34. The SMILES string of the molecule is Cc1nc(-c2cc(F)cc(Br)c2)[nH]c(=O)c1C. The Bertz CT molecular complexity index is 617. The van der Waals surface area contributed by atoms with Gasteiger partial charge in [0.05, 0.1) is 0 Å². The van der Waals surface area contributed by atoms with Crippen LogP contribution in [0.1, 0.15) is 11.3 Å². The van der Waals surface area contributed by atoms with Crippen LogP contribution >= 0.6 is 15.9 Å². The van der Waals surface area contributed by atoms with Crippen LogP contribution in [0.5, 0.6) is 0 Å². The highest BCUT2D eigenvalue weighted by molar-refractivity contribution is 9.10. The van der Waals surface area contributed by atoms with Crippen LogP contribution in [0.3, 0.4) is 0 Å². The van der Waals surface area contributed by atoms with E-state index >= 15 is 0 Å². The van der Waals surface area contributed by atoms with Crippen LogP contribution in [0.4, 0.5) is 4.39 Å². The molecule has 0 aliphatic rings. The van der Waals surface area contributed by atoms with Gasteiger partial charge >= 0.3 is 0 Å². The summed E-state index contributed by atoms with van der Waals surface area (Å²) >= 11 is 3.20. The highest BCUT2D eigenvalue weighted by Crippen LogP contribution is 2.21. The molecule has 88 valence electrons. The summed E-state index contributed by atoms with van der Waals surface area (Å²) in [5.74, 6) is -0.00597. The third kappa shape index (κ3) is 2.44. The van der Waals surface area contributed by atoms with E-state index in [0.29, 0.717) is 27.1 Å². The lowest BCUT2D eigenvalue weighted by atomic mass is 10.2. The number of aryl methyl sites for hydroxylation is 1. The first-order chi connectivity index (χ1) is 7.97. The van der Waals surface area contributed by atoms with Crippen LogP contribution in [0.2, 0.25) is 0 Å². The predicted octanol–water partition coefficient (Wildman–Crippen LogP) is 2.96. The number of aromatic nitrogens is 2. The molecule has 1 heterocycles. The Labute approximate surface area is 106 Å². The maximum atomic E-state index is 13.2. The molecule has 17 heavy (non-hydrogen) atoms. The average molecular weight is 297 g/mol. The third-order valence-electron chi connectivity index (χ3n) is 2.53. The van der Waals surface area contributed by atoms with Crippen LogP contribution < -0.4 is 5.56 Å². The number of aromatic amines is 1. The quantitative estimate of drug-likeness (QED) is 0.879. The standard InChI is InChI=1S/C12H10BrFN2O/c1-6-7(2)15-11(16-12(6)17)8-3-9(13)5-10(14)4-8/h3-5H,1-2H3,(H,15,16,17). The van der Waals surface area contributed by atoms with Crippen LogP contribution in [-0.2, 0) is 0 Å². The Hall–Kier alpha value is -1.49. The van der Waals surface area contributed by atoms with Crippen LogP contribution in [-0.4, -0.2) is 9.97 Å². The molecule has 0 bridgehead atoms. The molecule has 0 spiro atoms. The Balaban J connectivity index is 2.65. The lowest BCUT2D eigenvalue weighted by Gasteiger charge is -2.05. The summed E-state index contributed by atoms with van der Waals surface area (Å²) in [4.78, 5) is 18.5. The molecule has 0 aliphatic heterocycles. The van der Waals surface area contributed by atoms with Gasteiger partial charge in [0, 0.05) is 21.3 Å². The molecule has 1 aromatic heterocycles. The van der Waals surface area contributed by atoms with Crippen LogP contribution in [0.15, 0.2) is 27.5 Å². The summed E-state index contributed by atoms with van der Waals surface area (Å²) in [5.41, 5.74) is 1.55. The summed E-state index contributed by atoms with van der Waals surface area (Å²) in [6.07, 6.45) is 0. The van der Waals surface area contributed by atoms with Gasteiger partial charge < -0.3 is 4.98 Å². The fraction of sp³-hybridized carbons (Fsp3) is 0.167. The molecule has 0 unspecified atom stereocenters. The lowest BCUT2D eigenvalue weighted by Crippen LogP contribution is -2.14. The van der Waals surface area contributed by atoms with Gasteiger partial charge in [-0.25, -0.2) is 9.37 Å². The number of halogens is 2. The van der Waals surface area contributed by atoms with Crippen molar-refractivity contribution in [3.63, 3.8) is 0 Å².